The van der Waals surface area contributed by atoms with Crippen LogP contribution in [0.15, 0.2) is 42.6 Å². The van der Waals surface area contributed by atoms with Gasteiger partial charge in [0.1, 0.15) is 0 Å². The number of hydrogen-bond acceptors (Lipinski definition) is 0. The van der Waals surface area contributed by atoms with Crippen molar-refractivity contribution in [2.75, 3.05) is 0 Å². The van der Waals surface area contributed by atoms with E-state index in [1.54, 1.807) is 0 Å². The van der Waals surface area contributed by atoms with Crippen LogP contribution in [-0.4, -0.2) is 4.57 Å². The van der Waals surface area contributed by atoms with Crippen molar-refractivity contribution in [2.24, 2.45) is 0 Å². The smallest absolute Gasteiger partial charge is 0.0452 e. The molecule has 0 aliphatic rings. The quantitative estimate of drug-likeness (QED) is 0.621. The predicted octanol–water partition coefficient (Wildman–Crippen LogP) is 3.09. The van der Waals surface area contributed by atoms with Crippen molar-refractivity contribution in [1.29, 1.82) is 0 Å². The Morgan fingerprint density at radius 1 is 1.00 bits per heavy atom. The molecular weight excluding hydrogens is 158 g/mol. The van der Waals surface area contributed by atoms with Gasteiger partial charge in [-0.3, -0.25) is 0 Å². The molecule has 0 N–H and O–H groups in total. The minimum absolute atomic E-state index is 1.23. The Balaban J connectivity index is 2.53. The number of nitrogens with zero attached hydrogens (tertiary/aromatic N) is 1. The molecule has 0 bridgehead atoms. The molecule has 0 aliphatic heterocycles. The van der Waals surface area contributed by atoms with E-state index in [4.69, 9.17) is 0 Å². The molecule has 0 spiro atoms. The number of benzene rings is 1. The summed E-state index contributed by atoms with van der Waals surface area (Å²) in [4.78, 5) is 0. The first-order chi connectivity index (χ1) is 6.27. The first kappa shape index (κ1) is 8.11. The van der Waals surface area contributed by atoms with Crippen molar-refractivity contribution in [2.45, 2.75) is 13.8 Å². The van der Waals surface area contributed by atoms with Crippen molar-refractivity contribution in [3.05, 3.63) is 53.9 Å². The lowest BCUT2D eigenvalue weighted by Crippen LogP contribution is -1.92. The second-order valence-corrected chi connectivity index (χ2v) is 3.36. The fourth-order valence-electron chi connectivity index (χ4n) is 1.61. The third-order valence-electron chi connectivity index (χ3n) is 2.18. The van der Waals surface area contributed by atoms with Crippen molar-refractivity contribution in [3.8, 4) is 5.69 Å². The van der Waals surface area contributed by atoms with E-state index in [2.05, 4.69) is 54.9 Å². The van der Waals surface area contributed by atoms with Crippen LogP contribution in [0.25, 0.3) is 5.69 Å². The summed E-state index contributed by atoms with van der Waals surface area (Å²) in [7, 11) is 0. The maximum absolute atomic E-state index is 2.20. The van der Waals surface area contributed by atoms with E-state index < -0.39 is 0 Å². The van der Waals surface area contributed by atoms with Gasteiger partial charge in [0.2, 0.25) is 0 Å². The minimum Gasteiger partial charge on any atom is -0.321 e. The van der Waals surface area contributed by atoms with Gasteiger partial charge in [-0.05, 0) is 37.6 Å². The maximum atomic E-state index is 2.20. The lowest BCUT2D eigenvalue weighted by Gasteiger charge is -2.04. The number of rotatable bonds is 1. The summed E-state index contributed by atoms with van der Waals surface area (Å²) in [5.74, 6) is 0. The van der Waals surface area contributed by atoms with Gasteiger partial charge in [0, 0.05) is 17.6 Å². The second-order valence-electron chi connectivity index (χ2n) is 3.36. The fraction of sp³-hybridized carbons (Fsp3) is 0.167. The average molecular weight is 171 g/mol. The van der Waals surface area contributed by atoms with Gasteiger partial charge >= 0.3 is 0 Å². The zero-order chi connectivity index (χ0) is 9.26. The van der Waals surface area contributed by atoms with Gasteiger partial charge < -0.3 is 4.57 Å². The van der Waals surface area contributed by atoms with Gasteiger partial charge in [0.05, 0.1) is 0 Å². The lowest BCUT2D eigenvalue weighted by atomic mass is 10.3. The van der Waals surface area contributed by atoms with Crippen LogP contribution in [0.4, 0.5) is 0 Å². The van der Waals surface area contributed by atoms with E-state index >= 15 is 0 Å². The zero-order valence-corrected chi connectivity index (χ0v) is 7.99. The lowest BCUT2D eigenvalue weighted by molar-refractivity contribution is 1.01. The SMILES string of the molecule is Cc1cc(C)n(-c2ccccc2)c1. The van der Waals surface area contributed by atoms with E-state index in [1.165, 1.54) is 16.9 Å². The summed E-state index contributed by atoms with van der Waals surface area (Å²) in [6.07, 6.45) is 2.16. The third-order valence-corrected chi connectivity index (χ3v) is 2.18. The molecule has 13 heavy (non-hydrogen) atoms. The minimum atomic E-state index is 1.23. The Morgan fingerprint density at radius 3 is 2.23 bits per heavy atom. The van der Waals surface area contributed by atoms with Crippen LogP contribution in [0.3, 0.4) is 0 Å². The molecule has 2 rings (SSSR count). The average Bonchev–Trinajstić information content (AvgIpc) is 2.47. The molecule has 0 saturated heterocycles. The molecule has 1 aromatic carbocycles. The summed E-state index contributed by atoms with van der Waals surface area (Å²) in [6.45, 7) is 4.24. The Kier molecular flexibility index (Phi) is 1.93. The second kappa shape index (κ2) is 3.09. The van der Waals surface area contributed by atoms with E-state index in [1.807, 2.05) is 6.07 Å². The molecule has 0 atom stereocenters. The van der Waals surface area contributed by atoms with Crippen LogP contribution in [0.2, 0.25) is 0 Å². The van der Waals surface area contributed by atoms with Crippen LogP contribution >= 0.6 is 0 Å². The first-order valence-electron chi connectivity index (χ1n) is 4.48. The topological polar surface area (TPSA) is 4.93 Å². The number of aryl methyl sites for hydroxylation is 2. The van der Waals surface area contributed by atoms with E-state index in [9.17, 15) is 0 Å². The van der Waals surface area contributed by atoms with Crippen molar-refractivity contribution >= 4 is 0 Å². The van der Waals surface area contributed by atoms with Crippen molar-refractivity contribution in [3.63, 3.8) is 0 Å². The predicted molar refractivity (Wildman–Crippen MR) is 55.2 cm³/mol. The highest BCUT2D eigenvalue weighted by Gasteiger charge is 1.99. The molecule has 0 saturated carbocycles. The van der Waals surface area contributed by atoms with Gasteiger partial charge in [-0.25, -0.2) is 0 Å². The van der Waals surface area contributed by atoms with Crippen molar-refractivity contribution in [1.82, 2.24) is 4.57 Å². The van der Waals surface area contributed by atoms with Gasteiger partial charge in [-0.1, -0.05) is 18.2 Å². The molecule has 0 amide bonds. The molecular formula is C12H13N. The molecule has 1 aromatic heterocycles. The Hall–Kier alpha value is -1.50. The first-order valence-corrected chi connectivity index (χ1v) is 4.48. The Bertz CT molecular complexity index is 398. The van der Waals surface area contributed by atoms with Crippen LogP contribution in [-0.2, 0) is 0 Å². The molecule has 0 fully saturated rings. The zero-order valence-electron chi connectivity index (χ0n) is 7.99. The monoisotopic (exact) mass is 171 g/mol. The van der Waals surface area contributed by atoms with E-state index in [0.717, 1.165) is 0 Å². The van der Waals surface area contributed by atoms with Crippen LogP contribution in [0.1, 0.15) is 11.3 Å². The molecule has 1 heterocycles. The highest BCUT2D eigenvalue weighted by molar-refractivity contribution is 5.36. The van der Waals surface area contributed by atoms with Gasteiger partial charge in [-0.2, -0.15) is 0 Å². The molecule has 0 unspecified atom stereocenters. The molecule has 1 nitrogen and oxygen atoms in total. The summed E-state index contributed by atoms with van der Waals surface area (Å²) in [6, 6.07) is 12.6. The van der Waals surface area contributed by atoms with Crippen LogP contribution in [0, 0.1) is 13.8 Å². The summed E-state index contributed by atoms with van der Waals surface area (Å²) >= 11 is 0. The number of hydrogen-bond donors (Lipinski definition) is 0. The summed E-state index contributed by atoms with van der Waals surface area (Å²) in [5.41, 5.74) is 3.82. The molecule has 0 radical (unpaired) electrons. The van der Waals surface area contributed by atoms with Crippen LogP contribution in [0.5, 0.6) is 0 Å². The normalized spacial score (nSPS) is 10.3. The summed E-state index contributed by atoms with van der Waals surface area (Å²) in [5, 5.41) is 0. The molecule has 0 aliphatic carbocycles. The van der Waals surface area contributed by atoms with Gasteiger partial charge in [0.15, 0.2) is 0 Å². The van der Waals surface area contributed by atoms with Crippen molar-refractivity contribution < 1.29 is 0 Å². The highest BCUT2D eigenvalue weighted by atomic mass is 15.0. The fourth-order valence-corrected chi connectivity index (χ4v) is 1.61. The van der Waals surface area contributed by atoms with E-state index in [-0.39, 0.29) is 0 Å². The van der Waals surface area contributed by atoms with Gasteiger partial charge in [0.25, 0.3) is 0 Å². The number of aromatic nitrogens is 1. The standard InChI is InChI=1S/C12H13N/c1-10-8-11(2)13(9-10)12-6-4-3-5-7-12/h3-9H,1-2H3. The van der Waals surface area contributed by atoms with Gasteiger partial charge in [-0.15, -0.1) is 0 Å². The Morgan fingerprint density at radius 2 is 1.69 bits per heavy atom. The van der Waals surface area contributed by atoms with E-state index in [0.29, 0.717) is 0 Å². The highest BCUT2D eigenvalue weighted by Crippen LogP contribution is 2.13. The number of para-hydroxylation sites is 1. The molecule has 66 valence electrons. The Labute approximate surface area is 78.6 Å². The third kappa shape index (κ3) is 1.50. The largest absolute Gasteiger partial charge is 0.321 e. The molecule has 1 heteroatoms. The maximum Gasteiger partial charge on any atom is 0.0452 e. The van der Waals surface area contributed by atoms with Crippen LogP contribution < -0.4 is 0 Å². The molecule has 2 aromatic rings. The summed E-state index contributed by atoms with van der Waals surface area (Å²) < 4.78 is 2.20.